The highest BCUT2D eigenvalue weighted by atomic mass is 35.5. The average Bonchev–Trinajstić information content (AvgIpc) is 2.44. The zero-order chi connectivity index (χ0) is 15.3. The number of rotatable bonds is 5. The normalized spacial score (nSPS) is 10.2. The summed E-state index contributed by atoms with van der Waals surface area (Å²) in [5, 5.41) is 2.02. The Morgan fingerprint density at radius 3 is 2.40 bits per heavy atom. The van der Waals surface area contributed by atoms with Crippen LogP contribution in [0.5, 0.6) is 0 Å². The summed E-state index contributed by atoms with van der Waals surface area (Å²) in [6.45, 7) is 1.94. The first-order chi connectivity index (χ1) is 9.38. The first-order valence-corrected chi connectivity index (χ1v) is 7.03. The molecule has 0 aliphatic rings. The van der Waals surface area contributed by atoms with Gasteiger partial charge in [0, 0.05) is 6.54 Å². The molecule has 1 aromatic heterocycles. The minimum Gasteiger partial charge on any atom is -0.451 e. The minimum absolute atomic E-state index is 0.0597. The number of hydrogen-bond donors (Lipinski definition) is 1. The number of nitrogens with zero attached hydrogens (tertiary/aromatic N) is 1. The van der Waals surface area contributed by atoms with Gasteiger partial charge in [-0.25, -0.2) is 9.78 Å². The largest absolute Gasteiger partial charge is 0.451 e. The standard InChI is InChI=1S/C11H10Cl4N2O3/c1-2-3-16-5(18)4-20-11(19)9-7(13)6(12)8(14)10(15)17-9/h2-4H2,1H3,(H,16,18). The van der Waals surface area contributed by atoms with E-state index in [0.29, 0.717) is 6.54 Å². The van der Waals surface area contributed by atoms with Crippen molar-refractivity contribution in [3.05, 3.63) is 25.9 Å². The van der Waals surface area contributed by atoms with E-state index in [1.54, 1.807) is 0 Å². The summed E-state index contributed by atoms with van der Waals surface area (Å²) in [5.74, 6) is -1.34. The van der Waals surface area contributed by atoms with Crippen LogP contribution in [-0.4, -0.2) is 30.0 Å². The number of carbonyl (C=O) groups is 2. The summed E-state index contributed by atoms with van der Waals surface area (Å²) in [7, 11) is 0. The topological polar surface area (TPSA) is 68.3 Å². The van der Waals surface area contributed by atoms with Crippen molar-refractivity contribution in [1.29, 1.82) is 0 Å². The highest BCUT2D eigenvalue weighted by molar-refractivity contribution is 6.52. The Hall–Kier alpha value is -0.750. The Kier molecular flexibility index (Phi) is 6.82. The number of ether oxygens (including phenoxy) is 1. The molecule has 1 amide bonds. The van der Waals surface area contributed by atoms with Crippen molar-refractivity contribution >= 4 is 58.3 Å². The molecule has 20 heavy (non-hydrogen) atoms. The third-order valence-electron chi connectivity index (χ3n) is 2.08. The number of pyridine rings is 1. The van der Waals surface area contributed by atoms with Crippen LogP contribution in [0.1, 0.15) is 23.8 Å². The molecule has 9 heteroatoms. The molecule has 0 saturated carbocycles. The summed E-state index contributed by atoms with van der Waals surface area (Å²) in [6, 6.07) is 0. The number of carbonyl (C=O) groups excluding carboxylic acids is 2. The first-order valence-electron chi connectivity index (χ1n) is 5.52. The van der Waals surface area contributed by atoms with Crippen LogP contribution in [0.15, 0.2) is 0 Å². The van der Waals surface area contributed by atoms with Crippen molar-refractivity contribution in [2.24, 2.45) is 0 Å². The van der Waals surface area contributed by atoms with Gasteiger partial charge in [-0.1, -0.05) is 53.3 Å². The second-order valence-electron chi connectivity index (χ2n) is 3.62. The molecule has 0 aliphatic carbocycles. The van der Waals surface area contributed by atoms with Crippen LogP contribution in [0.2, 0.25) is 20.2 Å². The summed E-state index contributed by atoms with van der Waals surface area (Å²) >= 11 is 23.0. The van der Waals surface area contributed by atoms with Gasteiger partial charge in [0.15, 0.2) is 12.3 Å². The van der Waals surface area contributed by atoms with Gasteiger partial charge >= 0.3 is 5.97 Å². The molecule has 0 fully saturated rings. The molecular formula is C11H10Cl4N2O3. The Balaban J connectivity index is 2.76. The van der Waals surface area contributed by atoms with E-state index < -0.39 is 18.5 Å². The van der Waals surface area contributed by atoms with Gasteiger partial charge in [0.1, 0.15) is 5.15 Å². The maximum Gasteiger partial charge on any atom is 0.359 e. The van der Waals surface area contributed by atoms with Crippen LogP contribution in [0.4, 0.5) is 0 Å². The van der Waals surface area contributed by atoms with E-state index in [1.807, 2.05) is 6.92 Å². The average molecular weight is 360 g/mol. The van der Waals surface area contributed by atoms with Gasteiger partial charge in [-0.3, -0.25) is 4.79 Å². The van der Waals surface area contributed by atoms with Crippen LogP contribution >= 0.6 is 46.4 Å². The molecule has 0 unspecified atom stereocenters. The molecule has 1 N–H and O–H groups in total. The van der Waals surface area contributed by atoms with Crippen molar-refractivity contribution < 1.29 is 14.3 Å². The molecule has 0 aromatic carbocycles. The maximum atomic E-state index is 11.7. The van der Waals surface area contributed by atoms with E-state index >= 15 is 0 Å². The summed E-state index contributed by atoms with van der Waals surface area (Å²) < 4.78 is 4.76. The number of nitrogens with one attached hydrogen (secondary N) is 1. The van der Waals surface area contributed by atoms with Crippen LogP contribution < -0.4 is 5.32 Å². The van der Waals surface area contributed by atoms with Gasteiger partial charge in [-0.05, 0) is 6.42 Å². The molecule has 5 nitrogen and oxygen atoms in total. The summed E-state index contributed by atoms with van der Waals surface area (Å²) in [4.78, 5) is 26.7. The fourth-order valence-corrected chi connectivity index (χ4v) is 1.94. The molecule has 1 heterocycles. The van der Waals surface area contributed by atoms with Gasteiger partial charge < -0.3 is 10.1 Å². The van der Waals surface area contributed by atoms with Crippen LogP contribution in [0.3, 0.4) is 0 Å². The van der Waals surface area contributed by atoms with Crippen molar-refractivity contribution in [2.45, 2.75) is 13.3 Å². The van der Waals surface area contributed by atoms with E-state index in [1.165, 1.54) is 0 Å². The number of aromatic nitrogens is 1. The number of halogens is 4. The van der Waals surface area contributed by atoms with Gasteiger partial charge in [0.25, 0.3) is 5.91 Å². The quantitative estimate of drug-likeness (QED) is 0.646. The lowest BCUT2D eigenvalue weighted by atomic mass is 10.3. The SMILES string of the molecule is CCCNC(=O)COC(=O)c1nc(Cl)c(Cl)c(Cl)c1Cl. The highest BCUT2D eigenvalue weighted by Gasteiger charge is 2.22. The zero-order valence-corrected chi connectivity index (χ0v) is 13.3. The van der Waals surface area contributed by atoms with Gasteiger partial charge in [-0.15, -0.1) is 0 Å². The molecule has 110 valence electrons. The fourth-order valence-electron chi connectivity index (χ4n) is 1.14. The summed E-state index contributed by atoms with van der Waals surface area (Å²) in [5.41, 5.74) is -0.297. The van der Waals surface area contributed by atoms with E-state index in [0.717, 1.165) is 6.42 Å². The molecule has 1 rings (SSSR count). The fraction of sp³-hybridized carbons (Fsp3) is 0.364. The van der Waals surface area contributed by atoms with E-state index in [2.05, 4.69) is 10.3 Å². The van der Waals surface area contributed by atoms with Gasteiger partial charge in [-0.2, -0.15) is 0 Å². The second kappa shape index (κ2) is 7.88. The van der Waals surface area contributed by atoms with Crippen molar-refractivity contribution in [2.75, 3.05) is 13.2 Å². The predicted molar refractivity (Wildman–Crippen MR) is 77.9 cm³/mol. The third kappa shape index (κ3) is 4.38. The zero-order valence-electron chi connectivity index (χ0n) is 10.3. The predicted octanol–water partition coefficient (Wildman–Crippen LogP) is 3.38. The molecular weight excluding hydrogens is 350 g/mol. The van der Waals surface area contributed by atoms with Gasteiger partial charge in [0.2, 0.25) is 0 Å². The lowest BCUT2D eigenvalue weighted by Gasteiger charge is -2.08. The van der Waals surface area contributed by atoms with Crippen LogP contribution in [-0.2, 0) is 9.53 Å². The number of amides is 1. The molecule has 0 bridgehead atoms. The lowest BCUT2D eigenvalue weighted by Crippen LogP contribution is -2.29. The lowest BCUT2D eigenvalue weighted by molar-refractivity contribution is -0.124. The van der Waals surface area contributed by atoms with Crippen molar-refractivity contribution in [3.63, 3.8) is 0 Å². The van der Waals surface area contributed by atoms with Crippen molar-refractivity contribution in [1.82, 2.24) is 10.3 Å². The summed E-state index contributed by atoms with van der Waals surface area (Å²) in [6.07, 6.45) is 0.773. The van der Waals surface area contributed by atoms with Crippen LogP contribution in [0, 0.1) is 0 Å². The van der Waals surface area contributed by atoms with Crippen LogP contribution in [0.25, 0.3) is 0 Å². The third-order valence-corrected chi connectivity index (χ3v) is 3.76. The van der Waals surface area contributed by atoms with E-state index in [-0.39, 0.29) is 25.9 Å². The Labute approximate surface area is 135 Å². The Bertz CT molecular complexity index is 537. The van der Waals surface area contributed by atoms with E-state index in [9.17, 15) is 9.59 Å². The second-order valence-corrected chi connectivity index (χ2v) is 5.11. The number of hydrogen-bond acceptors (Lipinski definition) is 4. The Morgan fingerprint density at radius 1 is 1.15 bits per heavy atom. The molecule has 0 spiro atoms. The molecule has 0 radical (unpaired) electrons. The smallest absolute Gasteiger partial charge is 0.359 e. The van der Waals surface area contributed by atoms with Crippen molar-refractivity contribution in [3.8, 4) is 0 Å². The Morgan fingerprint density at radius 2 is 1.80 bits per heavy atom. The first kappa shape index (κ1) is 17.3. The molecule has 0 aliphatic heterocycles. The number of esters is 1. The monoisotopic (exact) mass is 358 g/mol. The molecule has 0 atom stereocenters. The maximum absolute atomic E-state index is 11.7. The minimum atomic E-state index is -0.915. The molecule has 1 aromatic rings. The molecule has 0 saturated heterocycles. The van der Waals surface area contributed by atoms with Gasteiger partial charge in [0.05, 0.1) is 15.1 Å². The van der Waals surface area contributed by atoms with E-state index in [4.69, 9.17) is 51.1 Å². The highest BCUT2D eigenvalue weighted by Crippen LogP contribution is 2.36.